The van der Waals surface area contributed by atoms with E-state index in [1.807, 2.05) is 31.2 Å². The molecule has 3 aromatic carbocycles. The van der Waals surface area contributed by atoms with Crippen molar-refractivity contribution in [1.29, 1.82) is 0 Å². The largest absolute Gasteiger partial charge is 0.493 e. The minimum Gasteiger partial charge on any atom is -0.493 e. The molecule has 1 N–H and O–H groups in total. The van der Waals surface area contributed by atoms with Gasteiger partial charge in [0.2, 0.25) is 0 Å². The van der Waals surface area contributed by atoms with Gasteiger partial charge in [0.1, 0.15) is 12.4 Å². The zero-order valence-electron chi connectivity index (χ0n) is 17.3. The third-order valence-electron chi connectivity index (χ3n) is 4.30. The fourth-order valence-electron chi connectivity index (χ4n) is 2.65. The van der Waals surface area contributed by atoms with E-state index in [9.17, 15) is 9.18 Å². The number of hydrogen-bond donors (Lipinski definition) is 1. The summed E-state index contributed by atoms with van der Waals surface area (Å²) in [6, 6.07) is 18.8. The Labute approximate surface area is 180 Å². The molecule has 0 radical (unpaired) electrons. The Morgan fingerprint density at radius 3 is 2.48 bits per heavy atom. The molecule has 1 amide bonds. The molecule has 0 aliphatic rings. The van der Waals surface area contributed by atoms with Gasteiger partial charge < -0.3 is 19.6 Å². The van der Waals surface area contributed by atoms with E-state index in [1.165, 1.54) is 25.5 Å². The Balaban J connectivity index is 1.50. The topological polar surface area (TPSA) is 69.2 Å². The molecule has 3 rings (SSSR count). The van der Waals surface area contributed by atoms with Gasteiger partial charge in [-0.05, 0) is 55.0 Å². The lowest BCUT2D eigenvalue weighted by molar-refractivity contribution is -0.120. The summed E-state index contributed by atoms with van der Waals surface area (Å²) < 4.78 is 24.1. The highest BCUT2D eigenvalue weighted by atomic mass is 19.1. The number of rotatable bonds is 9. The maximum absolute atomic E-state index is 13.0. The Morgan fingerprint density at radius 1 is 1.03 bits per heavy atom. The SMILES string of the molecule is COc1cc(/C=N/OCC(=O)Nc2ccc(C)cc2)ccc1OCc1ccc(F)cc1. The van der Waals surface area contributed by atoms with Crippen LogP contribution in [0.3, 0.4) is 0 Å². The molecule has 0 bridgehead atoms. The number of nitrogens with zero attached hydrogens (tertiary/aromatic N) is 1. The van der Waals surface area contributed by atoms with E-state index in [0.29, 0.717) is 22.7 Å². The predicted molar refractivity (Wildman–Crippen MR) is 117 cm³/mol. The van der Waals surface area contributed by atoms with E-state index in [4.69, 9.17) is 14.3 Å². The molecule has 0 spiro atoms. The van der Waals surface area contributed by atoms with E-state index < -0.39 is 0 Å². The Kier molecular flexibility index (Phi) is 7.59. The van der Waals surface area contributed by atoms with Crippen LogP contribution in [0.15, 0.2) is 71.9 Å². The number of hydrogen-bond acceptors (Lipinski definition) is 5. The van der Waals surface area contributed by atoms with Gasteiger partial charge in [-0.15, -0.1) is 0 Å². The number of carbonyl (C=O) groups excluding carboxylic acids is 1. The summed E-state index contributed by atoms with van der Waals surface area (Å²) in [7, 11) is 1.53. The fourth-order valence-corrected chi connectivity index (χ4v) is 2.65. The van der Waals surface area contributed by atoms with Crippen molar-refractivity contribution >= 4 is 17.8 Å². The van der Waals surface area contributed by atoms with Crippen molar-refractivity contribution in [2.75, 3.05) is 19.0 Å². The molecule has 0 saturated carbocycles. The quantitative estimate of drug-likeness (QED) is 0.401. The summed E-state index contributed by atoms with van der Waals surface area (Å²) >= 11 is 0. The van der Waals surface area contributed by atoms with Crippen LogP contribution in [-0.2, 0) is 16.2 Å². The van der Waals surface area contributed by atoms with Crippen LogP contribution in [0.2, 0.25) is 0 Å². The van der Waals surface area contributed by atoms with Crippen LogP contribution in [0, 0.1) is 12.7 Å². The van der Waals surface area contributed by atoms with Gasteiger partial charge in [-0.3, -0.25) is 4.79 Å². The highest BCUT2D eigenvalue weighted by Gasteiger charge is 2.06. The Bertz CT molecular complexity index is 1030. The Morgan fingerprint density at radius 2 is 1.77 bits per heavy atom. The highest BCUT2D eigenvalue weighted by molar-refractivity contribution is 5.91. The second kappa shape index (κ2) is 10.8. The average Bonchev–Trinajstić information content (AvgIpc) is 2.78. The van der Waals surface area contributed by atoms with Crippen molar-refractivity contribution < 1.29 is 23.5 Å². The number of nitrogens with one attached hydrogen (secondary N) is 1. The molecule has 0 aliphatic carbocycles. The zero-order valence-corrected chi connectivity index (χ0v) is 17.3. The van der Waals surface area contributed by atoms with E-state index >= 15 is 0 Å². The highest BCUT2D eigenvalue weighted by Crippen LogP contribution is 2.28. The van der Waals surface area contributed by atoms with Crippen molar-refractivity contribution in [3.05, 3.63) is 89.2 Å². The first-order valence-corrected chi connectivity index (χ1v) is 9.60. The molecule has 160 valence electrons. The first-order chi connectivity index (χ1) is 15.0. The number of oxime groups is 1. The van der Waals surface area contributed by atoms with E-state index in [1.54, 1.807) is 30.3 Å². The van der Waals surface area contributed by atoms with Gasteiger partial charge in [0.05, 0.1) is 13.3 Å². The van der Waals surface area contributed by atoms with Crippen molar-refractivity contribution in [2.45, 2.75) is 13.5 Å². The molecule has 0 fully saturated rings. The third-order valence-corrected chi connectivity index (χ3v) is 4.30. The molecule has 0 saturated heterocycles. The van der Waals surface area contributed by atoms with Crippen LogP contribution in [-0.4, -0.2) is 25.8 Å². The van der Waals surface area contributed by atoms with Gasteiger partial charge in [0, 0.05) is 11.3 Å². The lowest BCUT2D eigenvalue weighted by Gasteiger charge is -2.11. The van der Waals surface area contributed by atoms with E-state index in [2.05, 4.69) is 10.5 Å². The first-order valence-electron chi connectivity index (χ1n) is 9.60. The fraction of sp³-hybridized carbons (Fsp3) is 0.167. The van der Waals surface area contributed by atoms with Gasteiger partial charge in [0.15, 0.2) is 18.1 Å². The van der Waals surface area contributed by atoms with E-state index in [0.717, 1.165) is 11.1 Å². The van der Waals surface area contributed by atoms with Crippen molar-refractivity contribution in [3.63, 3.8) is 0 Å². The van der Waals surface area contributed by atoms with E-state index in [-0.39, 0.29) is 24.9 Å². The number of benzene rings is 3. The summed E-state index contributed by atoms with van der Waals surface area (Å²) in [6.07, 6.45) is 1.48. The van der Waals surface area contributed by atoms with Crippen LogP contribution >= 0.6 is 0 Å². The minimum atomic E-state index is -0.303. The third kappa shape index (κ3) is 6.85. The summed E-state index contributed by atoms with van der Waals surface area (Å²) in [4.78, 5) is 17.0. The maximum atomic E-state index is 13.0. The van der Waals surface area contributed by atoms with Crippen LogP contribution in [0.5, 0.6) is 11.5 Å². The minimum absolute atomic E-state index is 0.208. The summed E-state index contributed by atoms with van der Waals surface area (Å²) in [5.74, 6) is 0.466. The number of methoxy groups -OCH3 is 1. The number of anilines is 1. The summed E-state index contributed by atoms with van der Waals surface area (Å²) in [5.41, 5.74) is 3.36. The van der Waals surface area contributed by atoms with Gasteiger partial charge >= 0.3 is 0 Å². The average molecular weight is 422 g/mol. The normalized spacial score (nSPS) is 10.7. The number of ether oxygens (including phenoxy) is 2. The molecule has 0 unspecified atom stereocenters. The van der Waals surface area contributed by atoms with Crippen molar-refractivity contribution in [3.8, 4) is 11.5 Å². The lowest BCUT2D eigenvalue weighted by atomic mass is 10.2. The van der Waals surface area contributed by atoms with Crippen LogP contribution in [0.25, 0.3) is 0 Å². The molecule has 31 heavy (non-hydrogen) atoms. The summed E-state index contributed by atoms with van der Waals surface area (Å²) in [5, 5.41) is 6.56. The van der Waals surface area contributed by atoms with Crippen molar-refractivity contribution in [2.24, 2.45) is 5.16 Å². The number of amides is 1. The molecule has 0 atom stereocenters. The molecule has 6 nitrogen and oxygen atoms in total. The lowest BCUT2D eigenvalue weighted by Crippen LogP contribution is -2.16. The van der Waals surface area contributed by atoms with Crippen molar-refractivity contribution in [1.82, 2.24) is 0 Å². The molecule has 0 aromatic heterocycles. The smallest absolute Gasteiger partial charge is 0.265 e. The first kappa shape index (κ1) is 21.8. The zero-order chi connectivity index (χ0) is 22.1. The molecule has 3 aromatic rings. The van der Waals surface area contributed by atoms with Gasteiger partial charge in [-0.2, -0.15) is 0 Å². The standard InChI is InChI=1S/C24H23FN2O4/c1-17-3-10-21(11-4-17)27-24(28)16-31-26-14-19-7-12-22(23(13-19)29-2)30-15-18-5-8-20(25)9-6-18/h3-14H,15-16H2,1-2H3,(H,27,28)/b26-14+. The predicted octanol–water partition coefficient (Wildman–Crippen LogP) is 4.71. The van der Waals surface area contributed by atoms with Crippen LogP contribution < -0.4 is 14.8 Å². The summed E-state index contributed by atoms with van der Waals surface area (Å²) in [6.45, 7) is 2.05. The van der Waals surface area contributed by atoms with Gasteiger partial charge in [0.25, 0.3) is 5.91 Å². The second-order valence-corrected chi connectivity index (χ2v) is 6.75. The maximum Gasteiger partial charge on any atom is 0.265 e. The molecule has 7 heteroatoms. The number of halogens is 1. The number of carbonyl (C=O) groups is 1. The van der Waals surface area contributed by atoms with Crippen LogP contribution in [0.1, 0.15) is 16.7 Å². The second-order valence-electron chi connectivity index (χ2n) is 6.75. The molecular formula is C24H23FN2O4. The van der Waals surface area contributed by atoms with Gasteiger partial charge in [-0.25, -0.2) is 4.39 Å². The Hall–Kier alpha value is -3.87. The molecular weight excluding hydrogens is 399 g/mol. The monoisotopic (exact) mass is 422 g/mol. The van der Waals surface area contributed by atoms with Gasteiger partial charge in [-0.1, -0.05) is 35.0 Å². The molecule has 0 aliphatic heterocycles. The van der Waals surface area contributed by atoms with Crippen LogP contribution in [0.4, 0.5) is 10.1 Å². The number of aryl methyl sites for hydroxylation is 1. The molecule has 0 heterocycles.